The molecule has 1 amide bonds. The van der Waals surface area contributed by atoms with Crippen LogP contribution >= 0.6 is 27.3 Å². The van der Waals surface area contributed by atoms with Gasteiger partial charge in [-0.15, -0.1) is 11.3 Å². The van der Waals surface area contributed by atoms with Crippen LogP contribution in [0.2, 0.25) is 0 Å². The fourth-order valence-corrected chi connectivity index (χ4v) is 2.44. The summed E-state index contributed by atoms with van der Waals surface area (Å²) in [5.41, 5.74) is 0.297. The molecule has 0 fully saturated rings. The first kappa shape index (κ1) is 10.3. The van der Waals surface area contributed by atoms with Gasteiger partial charge in [-0.05, 0) is 28.1 Å². The van der Waals surface area contributed by atoms with Crippen molar-refractivity contribution in [2.24, 2.45) is 0 Å². The Hall–Kier alpha value is -1.21. The fraction of sp³-hybridized carbons (Fsp3) is 0.125. The number of amides is 1. The number of nitrogens with one attached hydrogen (secondary N) is 2. The van der Waals surface area contributed by atoms with Gasteiger partial charge in [0, 0.05) is 4.88 Å². The van der Waals surface area contributed by atoms with Gasteiger partial charge in [-0.2, -0.15) is 15.4 Å². The average molecular weight is 287 g/mol. The SMILES string of the molecule is O=C(NCc1ccc(Br)s1)c1cn[nH]n1. The molecule has 2 N–H and O–H groups in total. The lowest BCUT2D eigenvalue weighted by Gasteiger charge is -1.99. The first-order valence-electron chi connectivity index (χ1n) is 4.14. The lowest BCUT2D eigenvalue weighted by atomic mass is 10.4. The fourth-order valence-electron chi connectivity index (χ4n) is 1.02. The van der Waals surface area contributed by atoms with E-state index in [-0.39, 0.29) is 5.91 Å². The molecule has 78 valence electrons. The van der Waals surface area contributed by atoms with Gasteiger partial charge in [0.05, 0.1) is 16.5 Å². The van der Waals surface area contributed by atoms with Gasteiger partial charge in [0.1, 0.15) is 0 Å². The molecule has 2 aromatic rings. The van der Waals surface area contributed by atoms with Crippen LogP contribution in [0.5, 0.6) is 0 Å². The molecule has 0 aliphatic heterocycles. The topological polar surface area (TPSA) is 70.7 Å². The zero-order chi connectivity index (χ0) is 10.7. The number of aromatic amines is 1. The molecule has 15 heavy (non-hydrogen) atoms. The second-order valence-electron chi connectivity index (χ2n) is 2.74. The zero-order valence-corrected chi connectivity index (χ0v) is 9.93. The van der Waals surface area contributed by atoms with Crippen molar-refractivity contribution in [3.63, 3.8) is 0 Å². The van der Waals surface area contributed by atoms with Gasteiger partial charge < -0.3 is 5.32 Å². The van der Waals surface area contributed by atoms with E-state index >= 15 is 0 Å². The molecule has 0 atom stereocenters. The molecule has 0 saturated heterocycles. The lowest BCUT2D eigenvalue weighted by molar-refractivity contribution is 0.0946. The lowest BCUT2D eigenvalue weighted by Crippen LogP contribution is -2.22. The van der Waals surface area contributed by atoms with Gasteiger partial charge >= 0.3 is 0 Å². The molecular weight excluding hydrogens is 280 g/mol. The van der Waals surface area contributed by atoms with Crippen molar-refractivity contribution in [1.82, 2.24) is 20.7 Å². The van der Waals surface area contributed by atoms with E-state index in [4.69, 9.17) is 0 Å². The van der Waals surface area contributed by atoms with Crippen LogP contribution in [0, 0.1) is 0 Å². The van der Waals surface area contributed by atoms with E-state index in [0.717, 1.165) is 8.66 Å². The van der Waals surface area contributed by atoms with Crippen molar-refractivity contribution in [2.45, 2.75) is 6.54 Å². The van der Waals surface area contributed by atoms with Crippen LogP contribution < -0.4 is 5.32 Å². The summed E-state index contributed by atoms with van der Waals surface area (Å²) in [6.07, 6.45) is 1.39. The van der Waals surface area contributed by atoms with Crippen LogP contribution in [0.4, 0.5) is 0 Å². The first-order valence-corrected chi connectivity index (χ1v) is 5.75. The van der Waals surface area contributed by atoms with Gasteiger partial charge in [-0.3, -0.25) is 4.79 Å². The number of H-pyrrole nitrogens is 1. The first-order chi connectivity index (χ1) is 7.25. The molecule has 0 unspecified atom stereocenters. The highest BCUT2D eigenvalue weighted by atomic mass is 79.9. The van der Waals surface area contributed by atoms with Crippen molar-refractivity contribution in [1.29, 1.82) is 0 Å². The molecule has 0 aliphatic carbocycles. The standard InChI is InChI=1S/C8H7BrN4OS/c9-7-2-1-5(15-7)3-10-8(14)6-4-11-13-12-6/h1-2,4H,3H2,(H,10,14)(H,11,12,13). The minimum Gasteiger partial charge on any atom is -0.346 e. The predicted octanol–water partition coefficient (Wildman–Crippen LogP) is 1.56. The highest BCUT2D eigenvalue weighted by Crippen LogP contribution is 2.21. The van der Waals surface area contributed by atoms with Crippen molar-refractivity contribution in [3.8, 4) is 0 Å². The molecule has 0 aliphatic rings. The zero-order valence-electron chi connectivity index (χ0n) is 7.53. The number of aromatic nitrogens is 3. The molecule has 2 rings (SSSR count). The highest BCUT2D eigenvalue weighted by molar-refractivity contribution is 9.11. The molecule has 7 heteroatoms. The van der Waals surface area contributed by atoms with E-state index < -0.39 is 0 Å². The Morgan fingerprint density at radius 2 is 2.47 bits per heavy atom. The van der Waals surface area contributed by atoms with E-state index in [2.05, 4.69) is 36.7 Å². The Bertz CT molecular complexity index is 453. The van der Waals surface area contributed by atoms with Crippen LogP contribution in [0.15, 0.2) is 22.1 Å². The van der Waals surface area contributed by atoms with E-state index in [1.165, 1.54) is 6.20 Å². The molecule has 0 spiro atoms. The smallest absolute Gasteiger partial charge is 0.273 e. The van der Waals surface area contributed by atoms with E-state index in [1.807, 2.05) is 12.1 Å². The number of thiophene rings is 1. The number of rotatable bonds is 3. The minimum atomic E-state index is -0.228. The Balaban J connectivity index is 1.91. The van der Waals surface area contributed by atoms with Gasteiger partial charge in [0.2, 0.25) is 0 Å². The highest BCUT2D eigenvalue weighted by Gasteiger charge is 2.08. The summed E-state index contributed by atoms with van der Waals surface area (Å²) in [7, 11) is 0. The number of carbonyl (C=O) groups excluding carboxylic acids is 1. The molecular formula is C8H7BrN4OS. The normalized spacial score (nSPS) is 10.2. The van der Waals surface area contributed by atoms with Crippen LogP contribution in [0.25, 0.3) is 0 Å². The maximum absolute atomic E-state index is 11.4. The number of hydrogen-bond acceptors (Lipinski definition) is 4. The van der Waals surface area contributed by atoms with Crippen LogP contribution in [0.3, 0.4) is 0 Å². The maximum Gasteiger partial charge on any atom is 0.273 e. The van der Waals surface area contributed by atoms with Crippen molar-refractivity contribution in [2.75, 3.05) is 0 Å². The van der Waals surface area contributed by atoms with E-state index in [1.54, 1.807) is 11.3 Å². The van der Waals surface area contributed by atoms with Crippen molar-refractivity contribution in [3.05, 3.63) is 32.7 Å². The molecule has 0 saturated carbocycles. The summed E-state index contributed by atoms with van der Waals surface area (Å²) in [5.74, 6) is -0.228. The van der Waals surface area contributed by atoms with Gasteiger partial charge in [0.15, 0.2) is 5.69 Å². The number of nitrogens with zero attached hydrogens (tertiary/aromatic N) is 2. The second kappa shape index (κ2) is 4.54. The Morgan fingerprint density at radius 1 is 1.60 bits per heavy atom. The van der Waals surface area contributed by atoms with E-state index in [9.17, 15) is 4.79 Å². The third-order valence-electron chi connectivity index (χ3n) is 1.70. The van der Waals surface area contributed by atoms with Gasteiger partial charge in [0.25, 0.3) is 5.91 Å². The number of halogens is 1. The van der Waals surface area contributed by atoms with E-state index in [0.29, 0.717) is 12.2 Å². The van der Waals surface area contributed by atoms with Crippen LogP contribution in [0.1, 0.15) is 15.4 Å². The molecule has 2 heterocycles. The molecule has 0 aromatic carbocycles. The molecule has 5 nitrogen and oxygen atoms in total. The largest absolute Gasteiger partial charge is 0.346 e. The summed E-state index contributed by atoms with van der Waals surface area (Å²) in [5, 5.41) is 12.4. The third-order valence-corrected chi connectivity index (χ3v) is 3.32. The molecule has 0 radical (unpaired) electrons. The van der Waals surface area contributed by atoms with Crippen molar-refractivity contribution >= 4 is 33.2 Å². The van der Waals surface area contributed by atoms with Crippen LogP contribution in [-0.2, 0) is 6.54 Å². The summed E-state index contributed by atoms with van der Waals surface area (Å²) < 4.78 is 1.05. The summed E-state index contributed by atoms with van der Waals surface area (Å²) in [6, 6.07) is 3.90. The maximum atomic E-state index is 11.4. The van der Waals surface area contributed by atoms with Crippen LogP contribution in [-0.4, -0.2) is 21.3 Å². The monoisotopic (exact) mass is 286 g/mol. The van der Waals surface area contributed by atoms with Crippen molar-refractivity contribution < 1.29 is 4.79 Å². The summed E-state index contributed by atoms with van der Waals surface area (Å²) in [6.45, 7) is 0.502. The average Bonchev–Trinajstić information content (AvgIpc) is 2.84. The minimum absolute atomic E-state index is 0.228. The van der Waals surface area contributed by atoms with Gasteiger partial charge in [-0.1, -0.05) is 0 Å². The number of carbonyl (C=O) groups is 1. The quantitative estimate of drug-likeness (QED) is 0.900. The summed E-state index contributed by atoms with van der Waals surface area (Å²) in [4.78, 5) is 12.5. The Kier molecular flexibility index (Phi) is 3.12. The summed E-state index contributed by atoms with van der Waals surface area (Å²) >= 11 is 4.94. The molecule has 2 aromatic heterocycles. The Morgan fingerprint density at radius 3 is 3.07 bits per heavy atom. The second-order valence-corrected chi connectivity index (χ2v) is 5.29. The Labute approximate surface area is 98.0 Å². The predicted molar refractivity (Wildman–Crippen MR) is 59.6 cm³/mol. The molecule has 0 bridgehead atoms. The van der Waals surface area contributed by atoms with Gasteiger partial charge in [-0.25, -0.2) is 0 Å². The third kappa shape index (κ3) is 2.63. The number of hydrogen-bond donors (Lipinski definition) is 2.